The Labute approximate surface area is 104 Å². The van der Waals surface area contributed by atoms with Gasteiger partial charge >= 0.3 is 0 Å². The molecular weight excluding hydrogens is 238 g/mol. The minimum Gasteiger partial charge on any atom is -0.443 e. The average molecular weight is 252 g/mol. The highest BCUT2D eigenvalue weighted by Gasteiger charge is 2.15. The van der Waals surface area contributed by atoms with E-state index in [1.165, 1.54) is 6.39 Å². The molecule has 1 heterocycles. The van der Waals surface area contributed by atoms with E-state index in [2.05, 4.69) is 10.3 Å². The largest absolute Gasteiger partial charge is 0.443 e. The van der Waals surface area contributed by atoms with Crippen LogP contribution in [0.15, 0.2) is 29.0 Å². The van der Waals surface area contributed by atoms with Gasteiger partial charge in [-0.2, -0.15) is 0 Å². The number of rotatable bonds is 4. The van der Waals surface area contributed by atoms with Crippen molar-refractivity contribution in [1.29, 1.82) is 0 Å². The molecule has 1 aromatic carbocycles. The molecule has 0 bridgehead atoms. The maximum atomic E-state index is 13.6. The second kappa shape index (κ2) is 5.27. The molecule has 0 aliphatic rings. The Balaban J connectivity index is 2.33. The molecule has 0 amide bonds. The normalized spacial score (nSPS) is 11.2. The molecule has 2 rings (SSSR count). The van der Waals surface area contributed by atoms with Gasteiger partial charge in [0.1, 0.15) is 17.3 Å². The summed E-state index contributed by atoms with van der Waals surface area (Å²) < 4.78 is 31.9. The van der Waals surface area contributed by atoms with Gasteiger partial charge in [-0.25, -0.2) is 13.8 Å². The first-order chi connectivity index (χ1) is 8.58. The topological polar surface area (TPSA) is 38.1 Å². The molecule has 0 spiro atoms. The van der Waals surface area contributed by atoms with Crippen LogP contribution in [0.5, 0.6) is 0 Å². The zero-order chi connectivity index (χ0) is 13.1. The molecule has 3 nitrogen and oxygen atoms in total. The molecule has 5 heteroatoms. The van der Waals surface area contributed by atoms with Gasteiger partial charge in [-0.3, -0.25) is 0 Å². The fraction of sp³-hybridized carbons (Fsp3) is 0.308. The fourth-order valence-corrected chi connectivity index (χ4v) is 1.59. The van der Waals surface area contributed by atoms with E-state index in [1.54, 1.807) is 0 Å². The predicted octanol–water partition coefficient (Wildman–Crippen LogP) is 3.12. The van der Waals surface area contributed by atoms with E-state index in [1.807, 2.05) is 13.8 Å². The number of oxazole rings is 1. The summed E-state index contributed by atoms with van der Waals surface area (Å²) >= 11 is 0. The second-order valence-corrected chi connectivity index (χ2v) is 4.29. The molecule has 2 aromatic rings. The monoisotopic (exact) mass is 252 g/mol. The van der Waals surface area contributed by atoms with Gasteiger partial charge in [0.15, 0.2) is 12.2 Å². The molecular formula is C13H14F2N2O. The van der Waals surface area contributed by atoms with E-state index in [-0.39, 0.29) is 17.4 Å². The lowest BCUT2D eigenvalue weighted by atomic mass is 10.1. The van der Waals surface area contributed by atoms with Crippen molar-refractivity contribution < 1.29 is 13.2 Å². The van der Waals surface area contributed by atoms with E-state index in [9.17, 15) is 8.78 Å². The molecule has 0 unspecified atom stereocenters. The number of hydrogen-bond acceptors (Lipinski definition) is 3. The van der Waals surface area contributed by atoms with Crippen LogP contribution in [0.3, 0.4) is 0 Å². The van der Waals surface area contributed by atoms with Gasteiger partial charge in [-0.05, 0) is 18.2 Å². The molecule has 18 heavy (non-hydrogen) atoms. The van der Waals surface area contributed by atoms with E-state index < -0.39 is 11.6 Å². The Morgan fingerprint density at radius 2 is 2.11 bits per heavy atom. The molecule has 96 valence electrons. The van der Waals surface area contributed by atoms with Gasteiger partial charge in [0.25, 0.3) is 0 Å². The smallest absolute Gasteiger partial charge is 0.181 e. The molecule has 1 aromatic heterocycles. The minimum absolute atomic E-state index is 0.0908. The van der Waals surface area contributed by atoms with Crippen LogP contribution in [-0.4, -0.2) is 11.0 Å². The molecule has 1 N–H and O–H groups in total. The Kier molecular flexibility index (Phi) is 3.72. The van der Waals surface area contributed by atoms with Crippen LogP contribution in [0.25, 0.3) is 11.3 Å². The second-order valence-electron chi connectivity index (χ2n) is 4.29. The molecule has 0 aliphatic heterocycles. The molecule has 0 saturated heterocycles. The molecule has 0 saturated carbocycles. The summed E-state index contributed by atoms with van der Waals surface area (Å²) in [5, 5.41) is 3.15. The first-order valence-electron chi connectivity index (χ1n) is 5.69. The molecule has 0 fully saturated rings. The lowest BCUT2D eigenvalue weighted by molar-refractivity contribution is 0.550. The summed E-state index contributed by atoms with van der Waals surface area (Å²) in [6, 6.07) is 3.52. The van der Waals surface area contributed by atoms with Gasteiger partial charge in [0.2, 0.25) is 0 Å². The van der Waals surface area contributed by atoms with Crippen LogP contribution in [0.1, 0.15) is 19.5 Å². The summed E-state index contributed by atoms with van der Waals surface area (Å²) in [5.74, 6) is -0.773. The summed E-state index contributed by atoms with van der Waals surface area (Å²) in [5.41, 5.74) is 0.654. The highest BCUT2D eigenvalue weighted by Crippen LogP contribution is 2.26. The van der Waals surface area contributed by atoms with Gasteiger partial charge in [0.05, 0.1) is 5.56 Å². The molecule has 0 radical (unpaired) electrons. The Hall–Kier alpha value is -1.75. The standard InChI is InChI=1S/C13H14F2N2O/c1-8(2)16-6-12-13(18-7-17-12)10-5-9(14)3-4-11(10)15/h3-5,7-8,16H,6H2,1-2H3. The zero-order valence-corrected chi connectivity index (χ0v) is 10.2. The van der Waals surface area contributed by atoms with Crippen LogP contribution >= 0.6 is 0 Å². The fourth-order valence-electron chi connectivity index (χ4n) is 1.59. The third-order valence-electron chi connectivity index (χ3n) is 2.49. The lowest BCUT2D eigenvalue weighted by Crippen LogP contribution is -2.22. The van der Waals surface area contributed by atoms with Crippen molar-refractivity contribution in [2.24, 2.45) is 0 Å². The van der Waals surface area contributed by atoms with Crippen molar-refractivity contribution in [3.8, 4) is 11.3 Å². The summed E-state index contributed by atoms with van der Waals surface area (Å²) in [4.78, 5) is 4.02. The average Bonchev–Trinajstić information content (AvgIpc) is 2.77. The molecule has 0 aliphatic carbocycles. The number of aromatic nitrogens is 1. The number of halogens is 2. The van der Waals surface area contributed by atoms with Crippen molar-refractivity contribution in [2.45, 2.75) is 26.4 Å². The zero-order valence-electron chi connectivity index (χ0n) is 10.2. The van der Waals surface area contributed by atoms with Gasteiger partial charge in [-0.1, -0.05) is 13.8 Å². The van der Waals surface area contributed by atoms with Gasteiger partial charge in [0, 0.05) is 12.6 Å². The van der Waals surface area contributed by atoms with E-state index in [0.717, 1.165) is 18.2 Å². The summed E-state index contributed by atoms with van der Waals surface area (Å²) in [6.45, 7) is 4.42. The van der Waals surface area contributed by atoms with Crippen LogP contribution < -0.4 is 5.32 Å². The third kappa shape index (κ3) is 2.73. The number of nitrogens with zero attached hydrogens (tertiary/aromatic N) is 1. The maximum Gasteiger partial charge on any atom is 0.181 e. The summed E-state index contributed by atoms with van der Waals surface area (Å²) in [7, 11) is 0. The Morgan fingerprint density at radius 1 is 1.33 bits per heavy atom. The van der Waals surface area contributed by atoms with Crippen molar-refractivity contribution in [2.75, 3.05) is 0 Å². The van der Waals surface area contributed by atoms with Crippen LogP contribution in [0, 0.1) is 11.6 Å². The van der Waals surface area contributed by atoms with Crippen molar-refractivity contribution in [1.82, 2.24) is 10.3 Å². The van der Waals surface area contributed by atoms with Gasteiger partial charge in [-0.15, -0.1) is 0 Å². The van der Waals surface area contributed by atoms with Crippen molar-refractivity contribution in [3.63, 3.8) is 0 Å². The minimum atomic E-state index is -0.529. The Bertz CT molecular complexity index is 538. The molecule has 0 atom stereocenters. The number of benzene rings is 1. The first kappa shape index (κ1) is 12.7. The van der Waals surface area contributed by atoms with Crippen molar-refractivity contribution >= 4 is 0 Å². The lowest BCUT2D eigenvalue weighted by Gasteiger charge is -2.07. The van der Waals surface area contributed by atoms with Crippen LogP contribution in [0.2, 0.25) is 0 Å². The van der Waals surface area contributed by atoms with Crippen LogP contribution in [0.4, 0.5) is 8.78 Å². The number of nitrogens with one attached hydrogen (secondary N) is 1. The first-order valence-corrected chi connectivity index (χ1v) is 5.69. The van der Waals surface area contributed by atoms with E-state index >= 15 is 0 Å². The highest BCUT2D eigenvalue weighted by atomic mass is 19.1. The Morgan fingerprint density at radius 3 is 2.83 bits per heavy atom. The van der Waals surface area contributed by atoms with Crippen molar-refractivity contribution in [3.05, 3.63) is 41.9 Å². The van der Waals surface area contributed by atoms with Crippen LogP contribution in [-0.2, 0) is 6.54 Å². The third-order valence-corrected chi connectivity index (χ3v) is 2.49. The highest BCUT2D eigenvalue weighted by molar-refractivity contribution is 5.60. The maximum absolute atomic E-state index is 13.6. The van der Waals surface area contributed by atoms with E-state index in [0.29, 0.717) is 12.2 Å². The van der Waals surface area contributed by atoms with Gasteiger partial charge < -0.3 is 9.73 Å². The number of hydrogen-bond donors (Lipinski definition) is 1. The van der Waals surface area contributed by atoms with E-state index in [4.69, 9.17) is 4.42 Å². The summed E-state index contributed by atoms with van der Waals surface area (Å²) in [6.07, 6.45) is 1.23. The quantitative estimate of drug-likeness (QED) is 0.908. The predicted molar refractivity (Wildman–Crippen MR) is 63.8 cm³/mol. The SMILES string of the molecule is CC(C)NCc1ncoc1-c1cc(F)ccc1F.